The molecule has 0 radical (unpaired) electrons. The summed E-state index contributed by atoms with van der Waals surface area (Å²) in [5.41, 5.74) is 0.851. The topological polar surface area (TPSA) is 0 Å². The maximum Gasteiger partial charge on any atom is -0.0203 e. The maximum absolute atomic E-state index is 2.46. The minimum atomic E-state index is 0.347. The Kier molecular flexibility index (Phi) is 6.51. The highest BCUT2D eigenvalue weighted by molar-refractivity contribution is 4.99. The van der Waals surface area contributed by atoms with Crippen molar-refractivity contribution in [1.29, 1.82) is 0 Å². The van der Waals surface area contributed by atoms with Crippen LogP contribution in [0.25, 0.3) is 0 Å². The Morgan fingerprint density at radius 1 is 0.882 bits per heavy atom. The number of rotatable bonds is 1. The molecular formula is C17H34. The lowest BCUT2D eigenvalue weighted by molar-refractivity contribution is 0.242. The van der Waals surface area contributed by atoms with Gasteiger partial charge in [0, 0.05) is 0 Å². The molecule has 1 fully saturated rings. The van der Waals surface area contributed by atoms with Crippen molar-refractivity contribution in [2.24, 2.45) is 22.7 Å². The first-order chi connectivity index (χ1) is 7.68. The van der Waals surface area contributed by atoms with Crippen molar-refractivity contribution >= 4 is 0 Å². The van der Waals surface area contributed by atoms with E-state index < -0.39 is 0 Å². The quantitative estimate of drug-likeness (QED) is 0.486. The van der Waals surface area contributed by atoms with Gasteiger partial charge in [-0.15, -0.1) is 0 Å². The predicted molar refractivity (Wildman–Crippen MR) is 80.2 cm³/mol. The van der Waals surface area contributed by atoms with Crippen LogP contribution in [0.1, 0.15) is 74.7 Å². The van der Waals surface area contributed by atoms with Gasteiger partial charge in [0.15, 0.2) is 0 Å². The third-order valence-electron chi connectivity index (χ3n) is 3.57. The van der Waals surface area contributed by atoms with Gasteiger partial charge in [-0.25, -0.2) is 0 Å². The highest BCUT2D eigenvalue weighted by Gasteiger charge is 2.31. The average molecular weight is 238 g/mol. The smallest absolute Gasteiger partial charge is 0.0203 e. The second-order valence-corrected chi connectivity index (χ2v) is 7.36. The number of hydrogen-bond donors (Lipinski definition) is 0. The summed E-state index contributed by atoms with van der Waals surface area (Å²) in [5.74, 6) is 1.76. The van der Waals surface area contributed by atoms with Gasteiger partial charge in [-0.3, -0.25) is 0 Å². The van der Waals surface area contributed by atoms with Crippen molar-refractivity contribution in [3.63, 3.8) is 0 Å². The summed E-state index contributed by atoms with van der Waals surface area (Å²) < 4.78 is 0. The second-order valence-electron chi connectivity index (χ2n) is 7.36. The van der Waals surface area contributed by atoms with E-state index in [9.17, 15) is 0 Å². The first kappa shape index (κ1) is 16.7. The van der Waals surface area contributed by atoms with Gasteiger partial charge in [0.25, 0.3) is 0 Å². The molecule has 1 rings (SSSR count). The summed E-state index contributed by atoms with van der Waals surface area (Å²) in [6.07, 6.45) is 9.07. The monoisotopic (exact) mass is 238 g/mol. The van der Waals surface area contributed by atoms with Gasteiger partial charge in [-0.2, -0.15) is 0 Å². The van der Waals surface area contributed by atoms with E-state index in [4.69, 9.17) is 0 Å². The molecule has 0 N–H and O–H groups in total. The summed E-state index contributed by atoms with van der Waals surface area (Å²) >= 11 is 0. The van der Waals surface area contributed by atoms with Crippen LogP contribution in [0, 0.1) is 22.7 Å². The summed E-state index contributed by atoms with van der Waals surface area (Å²) in [4.78, 5) is 0. The van der Waals surface area contributed by atoms with Gasteiger partial charge in [0.1, 0.15) is 0 Å². The SMILES string of the molecule is CC.CC(C)(C)/C=C/C1CCC(C(C)(C)C)C1. The van der Waals surface area contributed by atoms with Crippen molar-refractivity contribution < 1.29 is 0 Å². The Morgan fingerprint density at radius 3 is 1.76 bits per heavy atom. The first-order valence-electron chi connectivity index (χ1n) is 7.38. The summed E-state index contributed by atoms with van der Waals surface area (Å²) in [6.45, 7) is 18.0. The highest BCUT2D eigenvalue weighted by Crippen LogP contribution is 2.42. The van der Waals surface area contributed by atoms with E-state index >= 15 is 0 Å². The molecule has 17 heavy (non-hydrogen) atoms. The average Bonchev–Trinajstić information content (AvgIpc) is 2.64. The molecule has 2 unspecified atom stereocenters. The third kappa shape index (κ3) is 6.91. The van der Waals surface area contributed by atoms with Gasteiger partial charge in [0.2, 0.25) is 0 Å². The fourth-order valence-electron chi connectivity index (χ4n) is 2.40. The molecular weight excluding hydrogens is 204 g/mol. The molecule has 0 aromatic carbocycles. The molecule has 102 valence electrons. The van der Waals surface area contributed by atoms with Crippen LogP contribution in [0.2, 0.25) is 0 Å². The van der Waals surface area contributed by atoms with E-state index in [1.807, 2.05) is 13.8 Å². The lowest BCUT2D eigenvalue weighted by Gasteiger charge is -2.26. The van der Waals surface area contributed by atoms with Crippen molar-refractivity contribution in [2.75, 3.05) is 0 Å². The van der Waals surface area contributed by atoms with E-state index in [0.29, 0.717) is 10.8 Å². The maximum atomic E-state index is 2.46. The minimum absolute atomic E-state index is 0.347. The molecule has 1 saturated carbocycles. The lowest BCUT2D eigenvalue weighted by atomic mass is 9.79. The first-order valence-corrected chi connectivity index (χ1v) is 7.38. The summed E-state index contributed by atoms with van der Waals surface area (Å²) in [6, 6.07) is 0. The zero-order valence-electron chi connectivity index (χ0n) is 13.4. The van der Waals surface area contributed by atoms with E-state index in [2.05, 4.69) is 53.7 Å². The van der Waals surface area contributed by atoms with E-state index in [0.717, 1.165) is 11.8 Å². The Bertz CT molecular complexity index is 221. The van der Waals surface area contributed by atoms with Crippen molar-refractivity contribution in [3.05, 3.63) is 12.2 Å². The third-order valence-corrected chi connectivity index (χ3v) is 3.57. The van der Waals surface area contributed by atoms with Crippen LogP contribution in [0.5, 0.6) is 0 Å². The van der Waals surface area contributed by atoms with Crippen LogP contribution in [-0.4, -0.2) is 0 Å². The van der Waals surface area contributed by atoms with Gasteiger partial charge in [-0.05, 0) is 41.9 Å². The van der Waals surface area contributed by atoms with Crippen LogP contribution in [-0.2, 0) is 0 Å². The summed E-state index contributed by atoms with van der Waals surface area (Å²) in [5, 5.41) is 0. The summed E-state index contributed by atoms with van der Waals surface area (Å²) in [7, 11) is 0. The van der Waals surface area contributed by atoms with Crippen molar-refractivity contribution in [3.8, 4) is 0 Å². The van der Waals surface area contributed by atoms with E-state index in [-0.39, 0.29) is 0 Å². The highest BCUT2D eigenvalue weighted by atomic mass is 14.4. The van der Waals surface area contributed by atoms with Crippen LogP contribution in [0.4, 0.5) is 0 Å². The predicted octanol–water partition coefficient (Wildman–Crippen LogP) is 6.08. The van der Waals surface area contributed by atoms with Crippen LogP contribution >= 0.6 is 0 Å². The lowest BCUT2D eigenvalue weighted by Crippen LogP contribution is -2.17. The Hall–Kier alpha value is -0.260. The van der Waals surface area contributed by atoms with Gasteiger partial charge < -0.3 is 0 Å². The fraction of sp³-hybridized carbons (Fsp3) is 0.882. The van der Waals surface area contributed by atoms with E-state index in [1.165, 1.54) is 19.3 Å². The Labute approximate surface area is 110 Å². The molecule has 0 nitrogen and oxygen atoms in total. The van der Waals surface area contributed by atoms with Crippen LogP contribution < -0.4 is 0 Å². The van der Waals surface area contributed by atoms with E-state index in [1.54, 1.807) is 0 Å². The normalized spacial score (nSPS) is 25.9. The largest absolute Gasteiger partial charge is 0.0849 e. The molecule has 0 aromatic rings. The van der Waals surface area contributed by atoms with Crippen molar-refractivity contribution in [1.82, 2.24) is 0 Å². The molecule has 0 spiro atoms. The molecule has 0 saturated heterocycles. The molecule has 2 atom stereocenters. The molecule has 0 aliphatic heterocycles. The van der Waals surface area contributed by atoms with Crippen molar-refractivity contribution in [2.45, 2.75) is 74.7 Å². The van der Waals surface area contributed by atoms with Gasteiger partial charge >= 0.3 is 0 Å². The zero-order valence-corrected chi connectivity index (χ0v) is 13.4. The number of hydrogen-bond acceptors (Lipinski definition) is 0. The molecule has 0 amide bonds. The molecule has 0 heterocycles. The van der Waals surface area contributed by atoms with Gasteiger partial charge in [-0.1, -0.05) is 67.5 Å². The molecule has 1 aliphatic carbocycles. The Morgan fingerprint density at radius 2 is 1.41 bits per heavy atom. The minimum Gasteiger partial charge on any atom is -0.0849 e. The molecule has 0 bridgehead atoms. The zero-order chi connectivity index (χ0) is 13.7. The van der Waals surface area contributed by atoms with Gasteiger partial charge in [0.05, 0.1) is 0 Å². The second kappa shape index (κ2) is 6.61. The fourth-order valence-corrected chi connectivity index (χ4v) is 2.40. The molecule has 0 aromatic heterocycles. The standard InChI is InChI=1S/C15H28.C2H6/c1-14(2,3)10-9-12-7-8-13(11-12)15(4,5)6;1-2/h9-10,12-13H,7-8,11H2,1-6H3;1-2H3/b10-9+;. The van der Waals surface area contributed by atoms with Crippen LogP contribution in [0.3, 0.4) is 0 Å². The van der Waals surface area contributed by atoms with Crippen LogP contribution in [0.15, 0.2) is 12.2 Å². The number of allylic oxidation sites excluding steroid dienone is 2. The molecule has 0 heteroatoms. The molecule has 1 aliphatic rings. The Balaban J connectivity index is 0.00000121.